The fourth-order valence-corrected chi connectivity index (χ4v) is 2.09. The summed E-state index contributed by atoms with van der Waals surface area (Å²) in [5.41, 5.74) is 1.61. The largest absolute Gasteiger partial charge is 0.458 e. The van der Waals surface area contributed by atoms with Crippen molar-refractivity contribution in [2.24, 2.45) is 0 Å². The third-order valence-electron chi connectivity index (χ3n) is 3.09. The predicted octanol–water partition coefficient (Wildman–Crippen LogP) is 4.11. The molecule has 0 fully saturated rings. The Kier molecular flexibility index (Phi) is 5.81. The quantitative estimate of drug-likeness (QED) is 0.631. The highest BCUT2D eigenvalue weighted by Crippen LogP contribution is 2.14. The van der Waals surface area contributed by atoms with Gasteiger partial charge in [-0.25, -0.2) is 4.79 Å². The normalized spacial score (nSPS) is 13.2. The van der Waals surface area contributed by atoms with Crippen molar-refractivity contribution in [3.05, 3.63) is 66.2 Å². The zero-order chi connectivity index (χ0) is 15.1. The molecule has 0 spiro atoms. The predicted molar refractivity (Wildman–Crippen MR) is 89.0 cm³/mol. The van der Waals surface area contributed by atoms with Crippen LogP contribution in [0, 0.1) is 0 Å². The van der Waals surface area contributed by atoms with Gasteiger partial charge in [0.15, 0.2) is 0 Å². The Hall–Kier alpha value is -1.81. The van der Waals surface area contributed by atoms with Crippen molar-refractivity contribution in [2.45, 2.75) is 17.9 Å². The van der Waals surface area contributed by atoms with Crippen LogP contribution in [0.1, 0.15) is 17.3 Å². The lowest BCUT2D eigenvalue weighted by molar-refractivity contribution is 0.0346. The molecule has 21 heavy (non-hydrogen) atoms. The van der Waals surface area contributed by atoms with Crippen molar-refractivity contribution in [1.29, 1.82) is 0 Å². The summed E-state index contributed by atoms with van der Waals surface area (Å²) in [6, 6.07) is 18.9. The van der Waals surface area contributed by atoms with E-state index in [-0.39, 0.29) is 16.9 Å². The SMILES string of the molecule is CC(OC(=O)c1ccccc1)C(Br)CNc1ccccc1. The van der Waals surface area contributed by atoms with E-state index in [1.807, 2.05) is 55.5 Å². The Morgan fingerprint density at radius 2 is 1.67 bits per heavy atom. The maximum absolute atomic E-state index is 12.0. The number of hydrogen-bond acceptors (Lipinski definition) is 3. The average Bonchev–Trinajstić information content (AvgIpc) is 2.54. The van der Waals surface area contributed by atoms with Gasteiger partial charge < -0.3 is 10.1 Å². The Labute approximate surface area is 133 Å². The highest BCUT2D eigenvalue weighted by Gasteiger charge is 2.19. The van der Waals surface area contributed by atoms with E-state index < -0.39 is 0 Å². The fourth-order valence-electron chi connectivity index (χ4n) is 1.82. The minimum absolute atomic E-state index is 0.0327. The number of rotatable bonds is 6. The second-order valence-corrected chi connectivity index (χ2v) is 5.92. The van der Waals surface area contributed by atoms with Crippen molar-refractivity contribution >= 4 is 27.6 Å². The molecule has 2 aromatic rings. The summed E-state index contributed by atoms with van der Waals surface area (Å²) in [6.45, 7) is 2.56. The van der Waals surface area contributed by atoms with Crippen LogP contribution >= 0.6 is 15.9 Å². The molecule has 2 atom stereocenters. The molecule has 0 aliphatic carbocycles. The maximum Gasteiger partial charge on any atom is 0.338 e. The molecule has 0 saturated heterocycles. The molecule has 2 unspecified atom stereocenters. The van der Waals surface area contributed by atoms with Crippen LogP contribution in [-0.2, 0) is 4.74 Å². The number of benzene rings is 2. The van der Waals surface area contributed by atoms with Gasteiger partial charge in [0.1, 0.15) is 6.10 Å². The molecule has 4 heteroatoms. The molecule has 0 amide bonds. The number of ether oxygens (including phenoxy) is 1. The number of anilines is 1. The van der Waals surface area contributed by atoms with Crippen LogP contribution in [-0.4, -0.2) is 23.4 Å². The molecule has 0 aliphatic rings. The summed E-state index contributed by atoms with van der Waals surface area (Å²) in [5.74, 6) is -0.299. The van der Waals surface area contributed by atoms with Crippen molar-refractivity contribution in [3.63, 3.8) is 0 Å². The smallest absolute Gasteiger partial charge is 0.338 e. The van der Waals surface area contributed by atoms with Gasteiger partial charge in [-0.15, -0.1) is 0 Å². The van der Waals surface area contributed by atoms with Gasteiger partial charge in [0.2, 0.25) is 0 Å². The second-order valence-electron chi connectivity index (χ2n) is 4.74. The molecular formula is C17H18BrNO2. The molecule has 2 aromatic carbocycles. The number of alkyl halides is 1. The number of halogens is 1. The van der Waals surface area contributed by atoms with Crippen LogP contribution in [0.2, 0.25) is 0 Å². The van der Waals surface area contributed by atoms with E-state index in [1.54, 1.807) is 12.1 Å². The van der Waals surface area contributed by atoms with Gasteiger partial charge >= 0.3 is 5.97 Å². The van der Waals surface area contributed by atoms with E-state index >= 15 is 0 Å². The Morgan fingerprint density at radius 1 is 1.10 bits per heavy atom. The minimum atomic E-state index is -0.299. The number of carbonyl (C=O) groups is 1. The Balaban J connectivity index is 1.82. The van der Waals surface area contributed by atoms with Gasteiger partial charge in [0, 0.05) is 12.2 Å². The van der Waals surface area contributed by atoms with E-state index in [0.29, 0.717) is 12.1 Å². The van der Waals surface area contributed by atoms with Crippen LogP contribution in [0.4, 0.5) is 5.69 Å². The van der Waals surface area contributed by atoms with Gasteiger partial charge in [-0.3, -0.25) is 0 Å². The van der Waals surface area contributed by atoms with Gasteiger partial charge in [0.05, 0.1) is 10.4 Å². The monoisotopic (exact) mass is 347 g/mol. The first-order chi connectivity index (χ1) is 10.2. The standard InChI is InChI=1S/C17H18BrNO2/c1-13(21-17(20)14-8-4-2-5-9-14)16(18)12-19-15-10-6-3-7-11-15/h2-11,13,16,19H,12H2,1H3. The first kappa shape index (κ1) is 15.6. The molecule has 0 saturated carbocycles. The number of hydrogen-bond donors (Lipinski definition) is 1. The van der Waals surface area contributed by atoms with Crippen LogP contribution in [0.3, 0.4) is 0 Å². The minimum Gasteiger partial charge on any atom is -0.458 e. The lowest BCUT2D eigenvalue weighted by Gasteiger charge is -2.20. The molecule has 0 bridgehead atoms. The summed E-state index contributed by atoms with van der Waals surface area (Å²) in [5, 5.41) is 3.30. The van der Waals surface area contributed by atoms with E-state index in [0.717, 1.165) is 5.69 Å². The average molecular weight is 348 g/mol. The maximum atomic E-state index is 12.0. The molecule has 0 aromatic heterocycles. The number of esters is 1. The number of carbonyl (C=O) groups excluding carboxylic acids is 1. The summed E-state index contributed by atoms with van der Waals surface area (Å²) >= 11 is 3.56. The summed E-state index contributed by atoms with van der Waals surface area (Å²) in [7, 11) is 0. The molecule has 1 N–H and O–H groups in total. The lowest BCUT2D eigenvalue weighted by atomic mass is 10.2. The number of para-hydroxylation sites is 1. The molecule has 0 radical (unpaired) electrons. The van der Waals surface area contributed by atoms with Gasteiger partial charge in [-0.1, -0.05) is 52.3 Å². The lowest BCUT2D eigenvalue weighted by Crippen LogP contribution is -2.29. The molecule has 3 nitrogen and oxygen atoms in total. The van der Waals surface area contributed by atoms with Crippen molar-refractivity contribution in [1.82, 2.24) is 0 Å². The van der Waals surface area contributed by atoms with Gasteiger partial charge in [-0.05, 0) is 31.2 Å². The summed E-state index contributed by atoms with van der Waals surface area (Å²) in [6.07, 6.45) is -0.228. The first-order valence-corrected chi connectivity index (χ1v) is 7.77. The van der Waals surface area contributed by atoms with E-state index in [9.17, 15) is 4.79 Å². The highest BCUT2D eigenvalue weighted by molar-refractivity contribution is 9.09. The first-order valence-electron chi connectivity index (χ1n) is 6.86. The van der Waals surface area contributed by atoms with Crippen LogP contribution in [0.5, 0.6) is 0 Å². The zero-order valence-corrected chi connectivity index (χ0v) is 13.4. The second kappa shape index (κ2) is 7.84. The fraction of sp³-hybridized carbons (Fsp3) is 0.235. The summed E-state index contributed by atoms with van der Waals surface area (Å²) < 4.78 is 5.46. The molecular weight excluding hydrogens is 330 g/mol. The van der Waals surface area contributed by atoms with E-state index in [2.05, 4.69) is 21.2 Å². The van der Waals surface area contributed by atoms with E-state index in [4.69, 9.17) is 4.74 Å². The summed E-state index contributed by atoms with van der Waals surface area (Å²) in [4.78, 5) is 12.0. The van der Waals surface area contributed by atoms with Crippen LogP contribution in [0.15, 0.2) is 60.7 Å². The molecule has 0 heterocycles. The number of nitrogens with one attached hydrogen (secondary N) is 1. The highest BCUT2D eigenvalue weighted by atomic mass is 79.9. The van der Waals surface area contributed by atoms with E-state index in [1.165, 1.54) is 0 Å². The Bertz CT molecular complexity index is 560. The van der Waals surface area contributed by atoms with Gasteiger partial charge in [0.25, 0.3) is 0 Å². The molecule has 110 valence electrons. The van der Waals surface area contributed by atoms with Crippen molar-refractivity contribution < 1.29 is 9.53 Å². The zero-order valence-electron chi connectivity index (χ0n) is 11.8. The third kappa shape index (κ3) is 4.90. The molecule has 2 rings (SSSR count). The van der Waals surface area contributed by atoms with Crippen molar-refractivity contribution in [2.75, 3.05) is 11.9 Å². The third-order valence-corrected chi connectivity index (χ3v) is 4.15. The molecule has 0 aliphatic heterocycles. The topological polar surface area (TPSA) is 38.3 Å². The van der Waals surface area contributed by atoms with Gasteiger partial charge in [-0.2, -0.15) is 0 Å². The van der Waals surface area contributed by atoms with Crippen molar-refractivity contribution in [3.8, 4) is 0 Å². The van der Waals surface area contributed by atoms with Crippen LogP contribution in [0.25, 0.3) is 0 Å². The van der Waals surface area contributed by atoms with Crippen LogP contribution < -0.4 is 5.32 Å². The Morgan fingerprint density at radius 3 is 2.29 bits per heavy atom.